The molecule has 0 bridgehead atoms. The number of nitrogens with one attached hydrogen (secondary N) is 2. The van der Waals surface area contributed by atoms with Gasteiger partial charge in [-0.3, -0.25) is 4.79 Å². The van der Waals surface area contributed by atoms with Gasteiger partial charge in [-0.1, -0.05) is 98.4 Å². The molecule has 4 aromatic rings. The lowest BCUT2D eigenvalue weighted by atomic mass is 10.0. The molecule has 7 nitrogen and oxygen atoms in total. The highest BCUT2D eigenvalue weighted by Crippen LogP contribution is 2.24. The predicted molar refractivity (Wildman–Crippen MR) is 163 cm³/mol. The molecule has 0 aliphatic heterocycles. The number of anilines is 1. The monoisotopic (exact) mass is 538 g/mol. The Balaban J connectivity index is 1.31. The van der Waals surface area contributed by atoms with Crippen LogP contribution in [0, 0.1) is 0 Å². The summed E-state index contributed by atoms with van der Waals surface area (Å²) in [6.45, 7) is 11.2. The van der Waals surface area contributed by atoms with Crippen molar-refractivity contribution in [1.29, 1.82) is 0 Å². The van der Waals surface area contributed by atoms with Crippen LogP contribution in [0.15, 0.2) is 95.2 Å². The SMILES string of the molecule is C=CCn1c(CNc2cccc3ccccc23)nnc1SCC(=O)N/N=C\C(C)=C\c1ccc(C(C)C)cc1. The molecular formula is C31H34N6OS. The molecule has 1 heterocycles. The number of rotatable bonds is 12. The first-order valence-electron chi connectivity index (χ1n) is 12.9. The third-order valence-corrected chi connectivity index (χ3v) is 7.09. The lowest BCUT2D eigenvalue weighted by Gasteiger charge is -2.11. The first-order valence-corrected chi connectivity index (χ1v) is 13.9. The summed E-state index contributed by atoms with van der Waals surface area (Å²) in [5.74, 6) is 1.23. The fourth-order valence-corrected chi connectivity index (χ4v) is 4.83. The van der Waals surface area contributed by atoms with E-state index in [4.69, 9.17) is 0 Å². The van der Waals surface area contributed by atoms with Crippen LogP contribution in [-0.2, 0) is 17.9 Å². The number of aromatic nitrogens is 3. The third-order valence-electron chi connectivity index (χ3n) is 6.12. The van der Waals surface area contributed by atoms with Gasteiger partial charge < -0.3 is 9.88 Å². The molecule has 3 aromatic carbocycles. The number of benzene rings is 3. The molecule has 0 saturated carbocycles. The molecule has 0 fully saturated rings. The fourth-order valence-electron chi connectivity index (χ4n) is 4.07. The Morgan fingerprint density at radius 2 is 1.85 bits per heavy atom. The van der Waals surface area contributed by atoms with Crippen molar-refractivity contribution in [2.75, 3.05) is 11.1 Å². The van der Waals surface area contributed by atoms with Crippen molar-refractivity contribution in [2.24, 2.45) is 5.10 Å². The van der Waals surface area contributed by atoms with Crippen LogP contribution in [0.1, 0.15) is 43.6 Å². The molecule has 4 rings (SSSR count). The summed E-state index contributed by atoms with van der Waals surface area (Å²) >= 11 is 1.32. The van der Waals surface area contributed by atoms with Gasteiger partial charge in [0.1, 0.15) is 0 Å². The van der Waals surface area contributed by atoms with Crippen LogP contribution in [0.3, 0.4) is 0 Å². The van der Waals surface area contributed by atoms with E-state index in [1.807, 2.05) is 35.8 Å². The van der Waals surface area contributed by atoms with Crippen LogP contribution in [0.4, 0.5) is 5.69 Å². The van der Waals surface area contributed by atoms with Gasteiger partial charge in [-0.05, 0) is 41.0 Å². The highest BCUT2D eigenvalue weighted by molar-refractivity contribution is 7.99. The van der Waals surface area contributed by atoms with Crippen molar-refractivity contribution < 1.29 is 4.79 Å². The lowest BCUT2D eigenvalue weighted by Crippen LogP contribution is -2.20. The van der Waals surface area contributed by atoms with E-state index in [0.717, 1.165) is 28.0 Å². The minimum absolute atomic E-state index is 0.169. The molecule has 0 unspecified atom stereocenters. The summed E-state index contributed by atoms with van der Waals surface area (Å²) in [4.78, 5) is 12.4. The van der Waals surface area contributed by atoms with E-state index in [1.165, 1.54) is 22.7 Å². The minimum atomic E-state index is -0.214. The van der Waals surface area contributed by atoms with Gasteiger partial charge in [-0.2, -0.15) is 5.10 Å². The van der Waals surface area contributed by atoms with E-state index in [1.54, 1.807) is 12.3 Å². The second-order valence-corrected chi connectivity index (χ2v) is 10.4. The summed E-state index contributed by atoms with van der Waals surface area (Å²) < 4.78 is 1.96. The normalized spacial score (nSPS) is 11.8. The van der Waals surface area contributed by atoms with Gasteiger partial charge in [0.05, 0.1) is 18.5 Å². The second-order valence-electron chi connectivity index (χ2n) is 9.47. The molecule has 0 atom stereocenters. The Labute approximate surface area is 234 Å². The highest BCUT2D eigenvalue weighted by Gasteiger charge is 2.14. The van der Waals surface area contributed by atoms with E-state index in [-0.39, 0.29) is 11.7 Å². The zero-order valence-corrected chi connectivity index (χ0v) is 23.4. The number of fused-ring (bicyclic) bond motifs is 1. The maximum atomic E-state index is 12.4. The number of hydrazone groups is 1. The van der Waals surface area contributed by atoms with Crippen molar-refractivity contribution in [3.05, 3.63) is 102 Å². The largest absolute Gasteiger partial charge is 0.377 e. The fraction of sp³-hybridized carbons (Fsp3) is 0.226. The van der Waals surface area contributed by atoms with Gasteiger partial charge in [0, 0.05) is 17.6 Å². The molecule has 0 aliphatic rings. The summed E-state index contributed by atoms with van der Waals surface area (Å²) in [5.41, 5.74) is 6.97. The van der Waals surface area contributed by atoms with Gasteiger partial charge in [0.2, 0.25) is 0 Å². The van der Waals surface area contributed by atoms with Crippen molar-refractivity contribution >= 4 is 46.4 Å². The average Bonchev–Trinajstić information content (AvgIpc) is 3.32. The standard InChI is InChI=1S/C31H34N6OS/c1-5-17-37-29(20-32-28-12-8-10-26-9-6-7-11-27(26)28)34-36-31(37)39-21-30(38)35-33-19-23(4)18-24-13-15-25(16-14-24)22(2)3/h5-16,18-19,22,32H,1,17,20-21H2,2-4H3,(H,35,38)/b23-18+,33-19-. The maximum Gasteiger partial charge on any atom is 0.250 e. The predicted octanol–water partition coefficient (Wildman–Crippen LogP) is 6.65. The van der Waals surface area contributed by atoms with Crippen molar-refractivity contribution in [3.63, 3.8) is 0 Å². The Morgan fingerprint density at radius 1 is 1.08 bits per heavy atom. The van der Waals surface area contributed by atoms with Gasteiger partial charge in [-0.25, -0.2) is 5.43 Å². The molecule has 0 spiro atoms. The van der Waals surface area contributed by atoms with Gasteiger partial charge in [0.25, 0.3) is 5.91 Å². The van der Waals surface area contributed by atoms with Crippen LogP contribution >= 0.6 is 11.8 Å². The molecule has 39 heavy (non-hydrogen) atoms. The van der Waals surface area contributed by atoms with Crippen molar-refractivity contribution in [2.45, 2.75) is 44.9 Å². The zero-order valence-electron chi connectivity index (χ0n) is 22.6. The Morgan fingerprint density at radius 3 is 2.62 bits per heavy atom. The lowest BCUT2D eigenvalue weighted by molar-refractivity contribution is -0.118. The molecule has 2 N–H and O–H groups in total. The molecule has 0 saturated heterocycles. The van der Waals surface area contributed by atoms with Crippen molar-refractivity contribution in [1.82, 2.24) is 20.2 Å². The van der Waals surface area contributed by atoms with E-state index >= 15 is 0 Å². The van der Waals surface area contributed by atoms with Crippen LogP contribution < -0.4 is 10.7 Å². The summed E-state index contributed by atoms with van der Waals surface area (Å²) in [6.07, 6.45) is 5.47. The summed E-state index contributed by atoms with van der Waals surface area (Å²) in [6, 6.07) is 22.9. The average molecular weight is 539 g/mol. The van der Waals surface area contributed by atoms with Crippen LogP contribution in [-0.4, -0.2) is 32.6 Å². The van der Waals surface area contributed by atoms with Crippen molar-refractivity contribution in [3.8, 4) is 0 Å². The number of hydrogen-bond acceptors (Lipinski definition) is 6. The van der Waals surface area contributed by atoms with Gasteiger partial charge in [-0.15, -0.1) is 16.8 Å². The van der Waals surface area contributed by atoms with Gasteiger partial charge in [0.15, 0.2) is 11.0 Å². The number of nitrogens with zero attached hydrogens (tertiary/aromatic N) is 4. The smallest absolute Gasteiger partial charge is 0.250 e. The topological polar surface area (TPSA) is 84.2 Å². The summed E-state index contributed by atoms with van der Waals surface area (Å²) in [5, 5.41) is 19.2. The number of amides is 1. The summed E-state index contributed by atoms with van der Waals surface area (Å²) in [7, 11) is 0. The third kappa shape index (κ3) is 7.67. The number of thioether (sulfide) groups is 1. The van der Waals surface area contributed by atoms with E-state index < -0.39 is 0 Å². The Kier molecular flexibility index (Phi) is 9.69. The zero-order chi connectivity index (χ0) is 27.6. The van der Waals surface area contributed by atoms with Gasteiger partial charge >= 0.3 is 0 Å². The molecule has 1 amide bonds. The molecule has 200 valence electrons. The first kappa shape index (κ1) is 27.9. The minimum Gasteiger partial charge on any atom is -0.377 e. The van der Waals surface area contributed by atoms with E-state index in [2.05, 4.69) is 95.0 Å². The molecule has 1 aromatic heterocycles. The molecule has 0 radical (unpaired) electrons. The van der Waals surface area contributed by atoms with E-state index in [0.29, 0.717) is 24.2 Å². The molecule has 8 heteroatoms. The van der Waals surface area contributed by atoms with Crippen LogP contribution in [0.25, 0.3) is 16.8 Å². The number of carbonyl (C=O) groups excluding carboxylic acids is 1. The van der Waals surface area contributed by atoms with Crippen LogP contribution in [0.5, 0.6) is 0 Å². The quantitative estimate of drug-likeness (QED) is 0.0913. The Hall–Kier alpha value is -4.17. The molecular weight excluding hydrogens is 504 g/mol. The first-order chi connectivity index (χ1) is 18.9. The van der Waals surface area contributed by atoms with Crippen LogP contribution in [0.2, 0.25) is 0 Å². The second kappa shape index (κ2) is 13.6. The highest BCUT2D eigenvalue weighted by atomic mass is 32.2. The Bertz CT molecular complexity index is 1480. The number of allylic oxidation sites excluding steroid dienone is 2. The van der Waals surface area contributed by atoms with E-state index in [9.17, 15) is 4.79 Å². The maximum absolute atomic E-state index is 12.4. The number of carbonyl (C=O) groups is 1. The number of hydrogen-bond donors (Lipinski definition) is 2. The molecule has 0 aliphatic carbocycles.